The number of pyridine rings is 1. The number of hydrogen-bond acceptors (Lipinski definition) is 4. The number of carbonyl (C=O) groups excluding carboxylic acids is 1. The van der Waals surface area contributed by atoms with Gasteiger partial charge in [-0.25, -0.2) is 0 Å². The molecule has 2 N–H and O–H groups in total. The molecular formula is C24H18N2O4. The van der Waals surface area contributed by atoms with Crippen molar-refractivity contribution in [2.75, 3.05) is 6.79 Å². The Kier molecular flexibility index (Phi) is 4.44. The van der Waals surface area contributed by atoms with Crippen molar-refractivity contribution in [1.29, 1.82) is 0 Å². The molecule has 0 aliphatic carbocycles. The van der Waals surface area contributed by atoms with Crippen LogP contribution >= 0.6 is 0 Å². The molecule has 0 saturated carbocycles. The van der Waals surface area contributed by atoms with Gasteiger partial charge < -0.3 is 19.8 Å². The first-order valence-electron chi connectivity index (χ1n) is 9.57. The summed E-state index contributed by atoms with van der Waals surface area (Å²) >= 11 is 0. The van der Waals surface area contributed by atoms with Crippen LogP contribution < -0.4 is 20.3 Å². The van der Waals surface area contributed by atoms with E-state index in [1.165, 1.54) is 0 Å². The van der Waals surface area contributed by atoms with Crippen LogP contribution in [0.5, 0.6) is 11.5 Å². The monoisotopic (exact) mass is 398 g/mol. The van der Waals surface area contributed by atoms with E-state index in [-0.39, 0.29) is 18.9 Å². The van der Waals surface area contributed by atoms with E-state index in [9.17, 15) is 9.59 Å². The molecule has 5 rings (SSSR count). The van der Waals surface area contributed by atoms with Gasteiger partial charge in [-0.05, 0) is 52.2 Å². The molecule has 0 bridgehead atoms. The summed E-state index contributed by atoms with van der Waals surface area (Å²) in [7, 11) is 0. The van der Waals surface area contributed by atoms with Crippen LogP contribution in [-0.2, 0) is 6.54 Å². The number of carbonyl (C=O) groups is 1. The predicted molar refractivity (Wildman–Crippen MR) is 114 cm³/mol. The number of ether oxygens (including phenoxy) is 2. The SMILES string of the molecule is O=C(NCc1ccc2c(c1)OCO2)c1ccc(-c2ccc3ccccc3c2)[nH]c1=O. The molecule has 6 heteroatoms. The third-order valence-corrected chi connectivity index (χ3v) is 5.10. The van der Waals surface area contributed by atoms with Crippen LogP contribution in [-0.4, -0.2) is 17.7 Å². The van der Waals surface area contributed by atoms with Crippen LogP contribution in [0, 0.1) is 0 Å². The summed E-state index contributed by atoms with van der Waals surface area (Å²) in [6, 6.07) is 22.8. The Hall–Kier alpha value is -4.06. The van der Waals surface area contributed by atoms with E-state index in [4.69, 9.17) is 9.47 Å². The zero-order chi connectivity index (χ0) is 20.5. The maximum absolute atomic E-state index is 12.5. The maximum atomic E-state index is 12.5. The lowest BCUT2D eigenvalue weighted by Crippen LogP contribution is -2.29. The first-order valence-corrected chi connectivity index (χ1v) is 9.57. The predicted octanol–water partition coefficient (Wildman–Crippen LogP) is 3.85. The molecule has 0 radical (unpaired) electrons. The first-order chi connectivity index (χ1) is 14.7. The molecular weight excluding hydrogens is 380 g/mol. The molecule has 0 unspecified atom stereocenters. The summed E-state index contributed by atoms with van der Waals surface area (Å²) in [5.41, 5.74) is 2.05. The second kappa shape index (κ2) is 7.40. The molecule has 1 amide bonds. The average molecular weight is 398 g/mol. The molecule has 0 atom stereocenters. The van der Waals surface area contributed by atoms with Gasteiger partial charge in [0.1, 0.15) is 5.56 Å². The highest BCUT2D eigenvalue weighted by Crippen LogP contribution is 2.32. The van der Waals surface area contributed by atoms with E-state index in [0.29, 0.717) is 17.2 Å². The van der Waals surface area contributed by atoms with Crippen molar-refractivity contribution < 1.29 is 14.3 Å². The molecule has 3 aromatic carbocycles. The number of aromatic amines is 1. The first kappa shape index (κ1) is 18.0. The van der Waals surface area contributed by atoms with Crippen molar-refractivity contribution in [3.8, 4) is 22.8 Å². The normalized spacial score (nSPS) is 12.1. The summed E-state index contributed by atoms with van der Waals surface area (Å²) in [6.45, 7) is 0.478. The van der Waals surface area contributed by atoms with Gasteiger partial charge in [0, 0.05) is 12.2 Å². The van der Waals surface area contributed by atoms with Crippen molar-refractivity contribution in [3.63, 3.8) is 0 Å². The van der Waals surface area contributed by atoms with E-state index >= 15 is 0 Å². The van der Waals surface area contributed by atoms with E-state index in [2.05, 4.69) is 10.3 Å². The summed E-state index contributed by atoms with van der Waals surface area (Å²) in [5, 5.41) is 4.99. The maximum Gasteiger partial charge on any atom is 0.261 e. The van der Waals surface area contributed by atoms with Gasteiger partial charge in [-0.2, -0.15) is 0 Å². The fourth-order valence-electron chi connectivity index (χ4n) is 3.51. The van der Waals surface area contributed by atoms with E-state index < -0.39 is 11.5 Å². The molecule has 1 aliphatic rings. The average Bonchev–Trinajstić information content (AvgIpc) is 3.25. The van der Waals surface area contributed by atoms with Gasteiger partial charge in [0.2, 0.25) is 6.79 Å². The fourth-order valence-corrected chi connectivity index (χ4v) is 3.51. The number of fused-ring (bicyclic) bond motifs is 2. The molecule has 1 aromatic heterocycles. The molecule has 6 nitrogen and oxygen atoms in total. The molecule has 2 heterocycles. The van der Waals surface area contributed by atoms with E-state index in [1.54, 1.807) is 18.2 Å². The minimum Gasteiger partial charge on any atom is -0.454 e. The third kappa shape index (κ3) is 3.39. The lowest BCUT2D eigenvalue weighted by atomic mass is 10.0. The Bertz CT molecular complexity index is 1330. The largest absolute Gasteiger partial charge is 0.454 e. The zero-order valence-electron chi connectivity index (χ0n) is 16.0. The number of rotatable bonds is 4. The van der Waals surface area contributed by atoms with Crippen LogP contribution in [0.2, 0.25) is 0 Å². The quantitative estimate of drug-likeness (QED) is 0.547. The highest BCUT2D eigenvalue weighted by molar-refractivity contribution is 5.94. The van der Waals surface area contributed by atoms with Crippen LogP contribution in [0.3, 0.4) is 0 Å². The van der Waals surface area contributed by atoms with Crippen molar-refractivity contribution in [2.45, 2.75) is 6.54 Å². The third-order valence-electron chi connectivity index (χ3n) is 5.10. The van der Waals surface area contributed by atoms with Gasteiger partial charge >= 0.3 is 0 Å². The standard InChI is InChI=1S/C24H18N2O4/c27-23(25-13-15-5-10-21-22(11-15)30-14-29-21)19-8-9-20(26-24(19)28)18-7-6-16-3-1-2-4-17(16)12-18/h1-12H,13-14H2,(H,25,27)(H,26,28). The van der Waals surface area contributed by atoms with Crippen molar-refractivity contribution in [3.05, 3.63) is 94.3 Å². The molecule has 30 heavy (non-hydrogen) atoms. The Labute approximate surface area is 172 Å². The molecule has 0 fully saturated rings. The Morgan fingerprint density at radius 3 is 2.60 bits per heavy atom. The second-order valence-corrected chi connectivity index (χ2v) is 7.05. The molecule has 4 aromatic rings. The highest BCUT2D eigenvalue weighted by Gasteiger charge is 2.15. The number of aromatic nitrogens is 1. The van der Waals surface area contributed by atoms with Crippen LogP contribution in [0.25, 0.3) is 22.0 Å². The van der Waals surface area contributed by atoms with E-state index in [1.807, 2.05) is 54.6 Å². The van der Waals surface area contributed by atoms with Crippen LogP contribution in [0.1, 0.15) is 15.9 Å². The number of hydrogen-bond donors (Lipinski definition) is 2. The van der Waals surface area contributed by atoms with Crippen molar-refractivity contribution in [1.82, 2.24) is 10.3 Å². The Balaban J connectivity index is 1.33. The van der Waals surface area contributed by atoms with Gasteiger partial charge in [-0.3, -0.25) is 9.59 Å². The van der Waals surface area contributed by atoms with Crippen LogP contribution in [0.15, 0.2) is 77.6 Å². The highest BCUT2D eigenvalue weighted by atomic mass is 16.7. The molecule has 0 saturated heterocycles. The minimum absolute atomic E-state index is 0.0697. The Morgan fingerprint density at radius 2 is 1.73 bits per heavy atom. The van der Waals surface area contributed by atoms with Gasteiger partial charge in [-0.15, -0.1) is 0 Å². The second-order valence-electron chi connectivity index (χ2n) is 7.05. The number of amides is 1. The zero-order valence-corrected chi connectivity index (χ0v) is 16.0. The summed E-state index contributed by atoms with van der Waals surface area (Å²) in [4.78, 5) is 27.9. The van der Waals surface area contributed by atoms with Gasteiger partial charge in [0.05, 0.1) is 0 Å². The van der Waals surface area contributed by atoms with Crippen LogP contribution in [0.4, 0.5) is 0 Å². The van der Waals surface area contributed by atoms with Crippen molar-refractivity contribution in [2.24, 2.45) is 0 Å². The summed E-state index contributed by atoms with van der Waals surface area (Å²) in [5.74, 6) is 0.907. The molecule has 148 valence electrons. The van der Waals surface area contributed by atoms with E-state index in [0.717, 1.165) is 21.9 Å². The topological polar surface area (TPSA) is 80.4 Å². The number of nitrogens with one attached hydrogen (secondary N) is 2. The minimum atomic E-state index is -0.432. The lowest BCUT2D eigenvalue weighted by Gasteiger charge is -2.08. The Morgan fingerprint density at radius 1 is 0.900 bits per heavy atom. The van der Waals surface area contributed by atoms with Gasteiger partial charge in [0.15, 0.2) is 11.5 Å². The van der Waals surface area contributed by atoms with Crippen molar-refractivity contribution >= 4 is 16.7 Å². The van der Waals surface area contributed by atoms with Gasteiger partial charge in [-0.1, -0.05) is 42.5 Å². The lowest BCUT2D eigenvalue weighted by molar-refractivity contribution is 0.0949. The smallest absolute Gasteiger partial charge is 0.261 e. The fraction of sp³-hybridized carbons (Fsp3) is 0.0833. The molecule has 1 aliphatic heterocycles. The van der Waals surface area contributed by atoms with Gasteiger partial charge in [0.25, 0.3) is 11.5 Å². The number of H-pyrrole nitrogens is 1. The molecule has 0 spiro atoms. The summed E-state index contributed by atoms with van der Waals surface area (Å²) < 4.78 is 10.6. The number of benzene rings is 3. The summed E-state index contributed by atoms with van der Waals surface area (Å²) in [6.07, 6.45) is 0.